The highest BCUT2D eigenvalue weighted by molar-refractivity contribution is 5.81. The van der Waals surface area contributed by atoms with Gasteiger partial charge in [0.1, 0.15) is 5.82 Å². The summed E-state index contributed by atoms with van der Waals surface area (Å²) in [6.07, 6.45) is 0.916. The lowest BCUT2D eigenvalue weighted by molar-refractivity contribution is 0.176. The lowest BCUT2D eigenvalue weighted by Crippen LogP contribution is -2.38. The van der Waals surface area contributed by atoms with E-state index < -0.39 is 0 Å². The van der Waals surface area contributed by atoms with Gasteiger partial charge in [0, 0.05) is 36.3 Å². The molecule has 3 nitrogen and oxygen atoms in total. The molecule has 1 fully saturated rings. The Morgan fingerprint density at radius 1 is 1.20 bits per heavy atom. The fraction of sp³-hybridized carbons (Fsp3) is 0.333. The lowest BCUT2D eigenvalue weighted by atomic mass is 9.79. The molecule has 2 heterocycles. The number of aryl methyl sites for hydroxylation is 1. The Morgan fingerprint density at radius 2 is 2.12 bits per heavy atom. The van der Waals surface area contributed by atoms with Gasteiger partial charge in [0.05, 0.1) is 6.61 Å². The molecule has 130 valence electrons. The molecule has 0 aliphatic carbocycles. The zero-order chi connectivity index (χ0) is 17.3. The van der Waals surface area contributed by atoms with Crippen LogP contribution in [0.5, 0.6) is 0 Å². The van der Waals surface area contributed by atoms with Gasteiger partial charge in [-0.15, -0.1) is 0 Å². The van der Waals surface area contributed by atoms with E-state index in [4.69, 9.17) is 4.74 Å². The van der Waals surface area contributed by atoms with Crippen molar-refractivity contribution in [2.45, 2.75) is 25.3 Å². The van der Waals surface area contributed by atoms with Gasteiger partial charge in [-0.05, 0) is 60.2 Å². The first-order valence-corrected chi connectivity index (χ1v) is 8.77. The number of fused-ring (bicyclic) bond motifs is 1. The van der Waals surface area contributed by atoms with Gasteiger partial charge < -0.3 is 15.0 Å². The SMILES string of the molecule is Cc1cc2cc(CNC[C@@]3(c4cccc(F)c4)CCOC3)ccc2[nH]1. The summed E-state index contributed by atoms with van der Waals surface area (Å²) in [4.78, 5) is 3.35. The third kappa shape index (κ3) is 3.32. The van der Waals surface area contributed by atoms with E-state index in [1.54, 1.807) is 12.1 Å². The van der Waals surface area contributed by atoms with Crippen LogP contribution in [0, 0.1) is 12.7 Å². The van der Waals surface area contributed by atoms with Crippen LogP contribution in [0.25, 0.3) is 10.9 Å². The predicted molar refractivity (Wildman–Crippen MR) is 98.3 cm³/mol. The summed E-state index contributed by atoms with van der Waals surface area (Å²) < 4.78 is 19.3. The number of hydrogen-bond donors (Lipinski definition) is 2. The maximum absolute atomic E-state index is 13.7. The Hall–Kier alpha value is -2.17. The third-order valence-electron chi connectivity index (χ3n) is 5.15. The number of halogens is 1. The fourth-order valence-electron chi connectivity index (χ4n) is 3.78. The Kier molecular flexibility index (Phi) is 4.32. The molecule has 1 atom stereocenters. The number of aromatic nitrogens is 1. The summed E-state index contributed by atoms with van der Waals surface area (Å²) in [5, 5.41) is 4.80. The first-order valence-electron chi connectivity index (χ1n) is 8.77. The van der Waals surface area contributed by atoms with Crippen molar-refractivity contribution < 1.29 is 9.13 Å². The van der Waals surface area contributed by atoms with Crippen molar-refractivity contribution in [3.8, 4) is 0 Å². The molecule has 0 radical (unpaired) electrons. The molecular weight excluding hydrogens is 315 g/mol. The minimum Gasteiger partial charge on any atom is -0.380 e. The first-order chi connectivity index (χ1) is 12.1. The molecule has 0 unspecified atom stereocenters. The van der Waals surface area contributed by atoms with E-state index in [0.717, 1.165) is 31.7 Å². The number of nitrogens with one attached hydrogen (secondary N) is 2. The zero-order valence-corrected chi connectivity index (χ0v) is 14.4. The van der Waals surface area contributed by atoms with Gasteiger partial charge >= 0.3 is 0 Å². The molecule has 2 N–H and O–H groups in total. The average Bonchev–Trinajstić information content (AvgIpc) is 3.21. The monoisotopic (exact) mass is 338 g/mol. The summed E-state index contributed by atoms with van der Waals surface area (Å²) in [5.74, 6) is -0.183. The first kappa shape index (κ1) is 16.3. The number of ether oxygens (including phenoxy) is 1. The minimum absolute atomic E-state index is 0.142. The molecule has 3 aromatic rings. The van der Waals surface area contributed by atoms with Crippen LogP contribution >= 0.6 is 0 Å². The number of aromatic amines is 1. The number of hydrogen-bond acceptors (Lipinski definition) is 2. The van der Waals surface area contributed by atoms with Crippen molar-refractivity contribution in [1.82, 2.24) is 10.3 Å². The van der Waals surface area contributed by atoms with Crippen molar-refractivity contribution in [2.75, 3.05) is 19.8 Å². The molecule has 1 aliphatic heterocycles. The molecule has 4 heteroatoms. The van der Waals surface area contributed by atoms with Crippen LogP contribution in [0.2, 0.25) is 0 Å². The highest BCUT2D eigenvalue weighted by atomic mass is 19.1. The topological polar surface area (TPSA) is 37.0 Å². The molecule has 0 amide bonds. The molecule has 1 aliphatic rings. The van der Waals surface area contributed by atoms with Gasteiger partial charge in [0.15, 0.2) is 0 Å². The minimum atomic E-state index is -0.183. The van der Waals surface area contributed by atoms with Crippen molar-refractivity contribution in [2.24, 2.45) is 0 Å². The highest BCUT2D eigenvalue weighted by Crippen LogP contribution is 2.33. The summed E-state index contributed by atoms with van der Waals surface area (Å²) in [7, 11) is 0. The normalized spacial score (nSPS) is 20.4. The molecule has 0 spiro atoms. The summed E-state index contributed by atoms with van der Waals surface area (Å²) in [6, 6.07) is 15.6. The second kappa shape index (κ2) is 6.62. The van der Waals surface area contributed by atoms with Crippen LogP contribution in [0.15, 0.2) is 48.5 Å². The van der Waals surface area contributed by atoms with E-state index >= 15 is 0 Å². The second-order valence-corrected chi connectivity index (χ2v) is 7.07. The average molecular weight is 338 g/mol. The third-order valence-corrected chi connectivity index (χ3v) is 5.15. The maximum Gasteiger partial charge on any atom is 0.123 e. The highest BCUT2D eigenvalue weighted by Gasteiger charge is 2.36. The van der Waals surface area contributed by atoms with E-state index in [1.807, 2.05) is 6.07 Å². The van der Waals surface area contributed by atoms with Gasteiger partial charge in [-0.1, -0.05) is 18.2 Å². The Labute approximate surface area is 147 Å². The summed E-state index contributed by atoms with van der Waals surface area (Å²) >= 11 is 0. The predicted octanol–water partition coefficient (Wildman–Crippen LogP) is 4.06. The van der Waals surface area contributed by atoms with Crippen LogP contribution < -0.4 is 5.32 Å². The fourth-order valence-corrected chi connectivity index (χ4v) is 3.78. The van der Waals surface area contributed by atoms with E-state index in [-0.39, 0.29) is 11.2 Å². The standard InChI is InChI=1S/C21H23FN2O/c1-15-9-17-10-16(5-6-20(17)24-15)12-23-13-21(7-8-25-14-21)18-3-2-4-19(22)11-18/h2-6,9-11,23-24H,7-8,12-14H2,1H3/t21-/m0/s1. The lowest BCUT2D eigenvalue weighted by Gasteiger charge is -2.28. The molecule has 0 bridgehead atoms. The van der Waals surface area contributed by atoms with Gasteiger partial charge in [-0.3, -0.25) is 0 Å². The molecule has 1 aromatic heterocycles. The molecule has 4 rings (SSSR count). The molecule has 25 heavy (non-hydrogen) atoms. The van der Waals surface area contributed by atoms with Crippen molar-refractivity contribution in [1.29, 1.82) is 0 Å². The second-order valence-electron chi connectivity index (χ2n) is 7.07. The Balaban J connectivity index is 1.48. The maximum atomic E-state index is 13.7. The molecular formula is C21H23FN2O. The van der Waals surface area contributed by atoms with Crippen molar-refractivity contribution in [3.05, 3.63) is 71.2 Å². The van der Waals surface area contributed by atoms with Crippen LogP contribution in [0.4, 0.5) is 4.39 Å². The van der Waals surface area contributed by atoms with E-state index in [1.165, 1.54) is 28.2 Å². The van der Waals surface area contributed by atoms with Gasteiger partial charge in [0.2, 0.25) is 0 Å². The number of H-pyrrole nitrogens is 1. The number of rotatable bonds is 5. The van der Waals surface area contributed by atoms with Crippen LogP contribution in [-0.4, -0.2) is 24.7 Å². The van der Waals surface area contributed by atoms with E-state index in [0.29, 0.717) is 6.61 Å². The largest absolute Gasteiger partial charge is 0.380 e. The van der Waals surface area contributed by atoms with E-state index in [2.05, 4.69) is 41.5 Å². The molecule has 0 saturated carbocycles. The molecule has 2 aromatic carbocycles. The quantitative estimate of drug-likeness (QED) is 0.736. The van der Waals surface area contributed by atoms with Crippen LogP contribution in [0.3, 0.4) is 0 Å². The van der Waals surface area contributed by atoms with Gasteiger partial charge in [-0.2, -0.15) is 0 Å². The van der Waals surface area contributed by atoms with Crippen molar-refractivity contribution in [3.63, 3.8) is 0 Å². The van der Waals surface area contributed by atoms with Gasteiger partial charge in [-0.25, -0.2) is 4.39 Å². The number of benzene rings is 2. The molecule has 1 saturated heterocycles. The van der Waals surface area contributed by atoms with Crippen LogP contribution in [-0.2, 0) is 16.7 Å². The summed E-state index contributed by atoms with van der Waals surface area (Å²) in [5.41, 5.74) is 4.47. The van der Waals surface area contributed by atoms with Crippen LogP contribution in [0.1, 0.15) is 23.2 Å². The smallest absolute Gasteiger partial charge is 0.123 e. The zero-order valence-electron chi connectivity index (χ0n) is 14.4. The summed E-state index contributed by atoms with van der Waals surface area (Å²) in [6.45, 7) is 5.00. The van der Waals surface area contributed by atoms with E-state index in [9.17, 15) is 4.39 Å². The van der Waals surface area contributed by atoms with Crippen molar-refractivity contribution >= 4 is 10.9 Å². The Bertz CT molecular complexity index is 880. The Morgan fingerprint density at radius 3 is 2.92 bits per heavy atom. The van der Waals surface area contributed by atoms with Gasteiger partial charge in [0.25, 0.3) is 0 Å².